The maximum atomic E-state index is 12.3. The van der Waals surface area contributed by atoms with E-state index in [2.05, 4.69) is 0 Å². The zero-order valence-corrected chi connectivity index (χ0v) is 10.5. The smallest absolute Gasteiger partial charge is 0.189 e. The standard InChI is InChI=1S/C15H12O2S/c16-18(17)14(12-7-3-1-4-8-12)11-15(18)13-9-5-2-6-10-13/h1-11,14H. The van der Waals surface area contributed by atoms with E-state index in [-0.39, 0.29) is 0 Å². The van der Waals surface area contributed by atoms with Crippen molar-refractivity contribution in [2.45, 2.75) is 5.25 Å². The lowest BCUT2D eigenvalue weighted by Crippen LogP contribution is -2.22. The summed E-state index contributed by atoms with van der Waals surface area (Å²) in [7, 11) is -3.21. The summed E-state index contributed by atoms with van der Waals surface area (Å²) in [5.74, 6) is 0. The summed E-state index contributed by atoms with van der Waals surface area (Å²) in [6.07, 6.45) is 1.82. The zero-order valence-electron chi connectivity index (χ0n) is 9.65. The van der Waals surface area contributed by atoms with Crippen LogP contribution in [0.3, 0.4) is 0 Å². The third-order valence-corrected chi connectivity index (χ3v) is 5.19. The van der Waals surface area contributed by atoms with Gasteiger partial charge in [-0.3, -0.25) is 0 Å². The maximum absolute atomic E-state index is 12.3. The van der Waals surface area contributed by atoms with Crippen molar-refractivity contribution in [3.63, 3.8) is 0 Å². The molecular weight excluding hydrogens is 244 g/mol. The Balaban J connectivity index is 2.03. The Bertz CT molecular complexity index is 686. The van der Waals surface area contributed by atoms with Crippen LogP contribution in [0, 0.1) is 0 Å². The van der Waals surface area contributed by atoms with E-state index in [9.17, 15) is 8.42 Å². The molecule has 1 unspecified atom stereocenters. The Morgan fingerprint density at radius 3 is 1.89 bits per heavy atom. The van der Waals surface area contributed by atoms with E-state index in [1.165, 1.54) is 0 Å². The van der Waals surface area contributed by atoms with Crippen LogP contribution in [0.5, 0.6) is 0 Å². The van der Waals surface area contributed by atoms with Gasteiger partial charge in [-0.2, -0.15) is 0 Å². The van der Waals surface area contributed by atoms with Crippen molar-refractivity contribution in [2.75, 3.05) is 0 Å². The highest BCUT2D eigenvalue weighted by atomic mass is 32.2. The highest BCUT2D eigenvalue weighted by Crippen LogP contribution is 2.44. The molecule has 1 heterocycles. The Kier molecular flexibility index (Phi) is 2.56. The van der Waals surface area contributed by atoms with Gasteiger partial charge in [-0.15, -0.1) is 0 Å². The van der Waals surface area contributed by atoms with E-state index in [0.717, 1.165) is 11.1 Å². The van der Waals surface area contributed by atoms with E-state index < -0.39 is 15.1 Å². The quantitative estimate of drug-likeness (QED) is 0.827. The molecular formula is C15H12O2S. The van der Waals surface area contributed by atoms with Crippen LogP contribution < -0.4 is 0 Å². The summed E-state index contributed by atoms with van der Waals surface area (Å²) < 4.78 is 24.6. The molecule has 0 spiro atoms. The van der Waals surface area contributed by atoms with Crippen molar-refractivity contribution in [2.24, 2.45) is 0 Å². The van der Waals surface area contributed by atoms with Gasteiger partial charge in [-0.05, 0) is 17.2 Å². The fourth-order valence-electron chi connectivity index (χ4n) is 2.17. The number of hydrogen-bond acceptors (Lipinski definition) is 2. The Labute approximate surface area is 107 Å². The van der Waals surface area contributed by atoms with Gasteiger partial charge in [-0.1, -0.05) is 60.7 Å². The summed E-state index contributed by atoms with van der Waals surface area (Å²) in [6.45, 7) is 0. The van der Waals surface area contributed by atoms with Gasteiger partial charge in [0, 0.05) is 0 Å². The van der Waals surface area contributed by atoms with Gasteiger partial charge in [0.2, 0.25) is 0 Å². The first-order valence-electron chi connectivity index (χ1n) is 5.76. The summed E-state index contributed by atoms with van der Waals surface area (Å²) in [5.41, 5.74) is 1.60. The van der Waals surface area contributed by atoms with E-state index in [4.69, 9.17) is 0 Å². The largest absolute Gasteiger partial charge is 0.223 e. The second-order valence-electron chi connectivity index (χ2n) is 4.27. The number of sulfone groups is 1. The average molecular weight is 256 g/mol. The lowest BCUT2D eigenvalue weighted by Gasteiger charge is -2.26. The first-order chi connectivity index (χ1) is 8.69. The molecule has 2 nitrogen and oxygen atoms in total. The Morgan fingerprint density at radius 2 is 1.33 bits per heavy atom. The predicted molar refractivity (Wildman–Crippen MR) is 72.5 cm³/mol. The first-order valence-corrected chi connectivity index (χ1v) is 7.30. The lowest BCUT2D eigenvalue weighted by atomic mass is 10.1. The summed E-state index contributed by atoms with van der Waals surface area (Å²) >= 11 is 0. The number of hydrogen-bond donors (Lipinski definition) is 0. The first kappa shape index (κ1) is 11.2. The monoisotopic (exact) mass is 256 g/mol. The Hall–Kier alpha value is -1.87. The van der Waals surface area contributed by atoms with Crippen LogP contribution >= 0.6 is 0 Å². The van der Waals surface area contributed by atoms with Gasteiger partial charge in [0.05, 0.1) is 4.91 Å². The molecule has 2 aromatic carbocycles. The average Bonchev–Trinajstić information content (AvgIpc) is 2.40. The van der Waals surface area contributed by atoms with Crippen LogP contribution in [-0.4, -0.2) is 8.42 Å². The number of benzene rings is 2. The summed E-state index contributed by atoms with van der Waals surface area (Å²) in [6, 6.07) is 18.5. The van der Waals surface area contributed by atoms with Crippen LogP contribution in [0.15, 0.2) is 66.7 Å². The van der Waals surface area contributed by atoms with Crippen LogP contribution in [0.25, 0.3) is 4.91 Å². The molecule has 0 fully saturated rings. The minimum absolute atomic E-state index is 0.442. The molecule has 1 aliphatic rings. The SMILES string of the molecule is O=S1(=O)C(c2ccccc2)=CC1c1ccccc1. The van der Waals surface area contributed by atoms with E-state index in [1.807, 2.05) is 66.7 Å². The van der Waals surface area contributed by atoms with Crippen LogP contribution in [-0.2, 0) is 9.84 Å². The van der Waals surface area contributed by atoms with Crippen molar-refractivity contribution in [1.82, 2.24) is 0 Å². The minimum Gasteiger partial charge on any atom is -0.223 e. The molecule has 2 aromatic rings. The molecule has 0 aliphatic carbocycles. The highest BCUT2D eigenvalue weighted by Gasteiger charge is 2.39. The second-order valence-corrected chi connectivity index (χ2v) is 6.31. The molecule has 1 atom stereocenters. The lowest BCUT2D eigenvalue weighted by molar-refractivity contribution is 0.596. The Morgan fingerprint density at radius 1 is 0.778 bits per heavy atom. The molecule has 0 N–H and O–H groups in total. The maximum Gasteiger partial charge on any atom is 0.189 e. The van der Waals surface area contributed by atoms with Gasteiger partial charge < -0.3 is 0 Å². The van der Waals surface area contributed by atoms with Gasteiger partial charge >= 0.3 is 0 Å². The summed E-state index contributed by atoms with van der Waals surface area (Å²) in [5, 5.41) is -0.492. The van der Waals surface area contributed by atoms with Crippen LogP contribution in [0.2, 0.25) is 0 Å². The fraction of sp³-hybridized carbons (Fsp3) is 0.0667. The van der Waals surface area contributed by atoms with Crippen molar-refractivity contribution in [3.8, 4) is 0 Å². The molecule has 1 aliphatic heterocycles. The minimum atomic E-state index is -3.21. The molecule has 0 saturated carbocycles. The van der Waals surface area contributed by atoms with Crippen LogP contribution in [0.4, 0.5) is 0 Å². The molecule has 3 heteroatoms. The van der Waals surface area contributed by atoms with Gasteiger partial charge in [-0.25, -0.2) is 8.42 Å². The third kappa shape index (κ3) is 1.68. The molecule has 3 rings (SSSR count). The molecule has 0 radical (unpaired) electrons. The van der Waals surface area contributed by atoms with Gasteiger partial charge in [0.1, 0.15) is 5.25 Å². The number of rotatable bonds is 2. The van der Waals surface area contributed by atoms with Gasteiger partial charge in [0.25, 0.3) is 0 Å². The van der Waals surface area contributed by atoms with E-state index in [0.29, 0.717) is 4.91 Å². The van der Waals surface area contributed by atoms with Crippen molar-refractivity contribution < 1.29 is 8.42 Å². The zero-order chi connectivity index (χ0) is 12.6. The molecule has 0 saturated heterocycles. The van der Waals surface area contributed by atoms with Crippen molar-refractivity contribution in [3.05, 3.63) is 77.9 Å². The normalized spacial score (nSPS) is 20.9. The second kappa shape index (κ2) is 4.10. The topological polar surface area (TPSA) is 34.1 Å². The fourth-order valence-corrected chi connectivity index (χ4v) is 3.84. The molecule has 90 valence electrons. The molecule has 18 heavy (non-hydrogen) atoms. The van der Waals surface area contributed by atoms with Crippen molar-refractivity contribution in [1.29, 1.82) is 0 Å². The molecule has 0 bridgehead atoms. The van der Waals surface area contributed by atoms with E-state index >= 15 is 0 Å². The summed E-state index contributed by atoms with van der Waals surface area (Å²) in [4.78, 5) is 0.442. The van der Waals surface area contributed by atoms with Crippen LogP contribution in [0.1, 0.15) is 16.4 Å². The highest BCUT2D eigenvalue weighted by molar-refractivity contribution is 8.02. The third-order valence-electron chi connectivity index (χ3n) is 3.13. The van der Waals surface area contributed by atoms with Crippen molar-refractivity contribution >= 4 is 14.7 Å². The van der Waals surface area contributed by atoms with Gasteiger partial charge in [0.15, 0.2) is 9.84 Å². The molecule has 0 amide bonds. The van der Waals surface area contributed by atoms with E-state index in [1.54, 1.807) is 0 Å². The molecule has 0 aromatic heterocycles. The predicted octanol–water partition coefficient (Wildman–Crippen LogP) is 3.20.